The molecule has 1 heteroatoms. The van der Waals surface area contributed by atoms with Crippen LogP contribution in [0.3, 0.4) is 0 Å². The highest BCUT2D eigenvalue weighted by molar-refractivity contribution is 4.89. The fraction of sp³-hybridized carbons (Fsp3) is 0.778. The van der Waals surface area contributed by atoms with Crippen molar-refractivity contribution >= 4 is 0 Å². The Labute approximate surface area is 63.3 Å². The van der Waals surface area contributed by atoms with E-state index in [1.807, 2.05) is 0 Å². The van der Waals surface area contributed by atoms with Gasteiger partial charge < -0.3 is 5.73 Å². The van der Waals surface area contributed by atoms with Gasteiger partial charge in [0.2, 0.25) is 0 Å². The third-order valence-corrected chi connectivity index (χ3v) is 2.34. The van der Waals surface area contributed by atoms with Gasteiger partial charge >= 0.3 is 0 Å². The summed E-state index contributed by atoms with van der Waals surface area (Å²) in [5, 5.41) is 0. The minimum absolute atomic E-state index is 0.400. The molecular formula is C9H17N. The van der Waals surface area contributed by atoms with Crippen molar-refractivity contribution in [1.29, 1.82) is 0 Å². The lowest BCUT2D eigenvalue weighted by atomic mass is 9.92. The molecule has 0 saturated heterocycles. The predicted octanol–water partition coefficient (Wildman–Crippen LogP) is 2.08. The molecule has 0 aromatic heterocycles. The molecule has 0 radical (unpaired) electrons. The van der Waals surface area contributed by atoms with Gasteiger partial charge in [-0.15, -0.1) is 0 Å². The van der Waals surface area contributed by atoms with Gasteiger partial charge in [-0.25, -0.2) is 0 Å². The van der Waals surface area contributed by atoms with E-state index in [9.17, 15) is 0 Å². The van der Waals surface area contributed by atoms with E-state index < -0.39 is 0 Å². The summed E-state index contributed by atoms with van der Waals surface area (Å²) in [4.78, 5) is 0. The lowest BCUT2D eigenvalue weighted by Crippen LogP contribution is -2.27. The Morgan fingerprint density at radius 3 is 3.00 bits per heavy atom. The Morgan fingerprint density at radius 2 is 2.20 bits per heavy atom. The molecule has 0 fully saturated rings. The van der Waals surface area contributed by atoms with Crippen molar-refractivity contribution in [2.45, 2.75) is 38.6 Å². The average Bonchev–Trinajstić information content (AvgIpc) is 1.92. The van der Waals surface area contributed by atoms with Crippen LogP contribution in [0.25, 0.3) is 0 Å². The van der Waals surface area contributed by atoms with Crippen LogP contribution in [0.4, 0.5) is 0 Å². The van der Waals surface area contributed by atoms with Crippen LogP contribution in [-0.4, -0.2) is 6.04 Å². The summed E-state index contributed by atoms with van der Waals surface area (Å²) < 4.78 is 0. The first kappa shape index (κ1) is 7.80. The first-order valence-corrected chi connectivity index (χ1v) is 4.21. The molecule has 0 bridgehead atoms. The van der Waals surface area contributed by atoms with Gasteiger partial charge in [-0.3, -0.25) is 0 Å². The highest BCUT2D eigenvalue weighted by Gasteiger charge is 2.11. The van der Waals surface area contributed by atoms with Crippen LogP contribution in [0.5, 0.6) is 0 Å². The van der Waals surface area contributed by atoms with E-state index in [4.69, 9.17) is 5.73 Å². The Morgan fingerprint density at radius 1 is 1.40 bits per heavy atom. The maximum atomic E-state index is 5.90. The standard InChI is InChI=1S/C9H17N/c1-8-6-4-2-3-5-7-9(8)10/h3,5,8-9H,2,4,6-7,10H2,1H3/t8-,9-/m0/s1. The molecule has 58 valence electrons. The summed E-state index contributed by atoms with van der Waals surface area (Å²) in [7, 11) is 0. The third-order valence-electron chi connectivity index (χ3n) is 2.34. The molecule has 1 rings (SSSR count). The third kappa shape index (κ3) is 2.14. The van der Waals surface area contributed by atoms with Gasteiger partial charge in [0.05, 0.1) is 0 Å². The Kier molecular flexibility index (Phi) is 2.94. The van der Waals surface area contributed by atoms with Crippen LogP contribution < -0.4 is 5.73 Å². The highest BCUT2D eigenvalue weighted by Crippen LogP contribution is 2.16. The first-order valence-electron chi connectivity index (χ1n) is 4.21. The zero-order valence-corrected chi connectivity index (χ0v) is 6.72. The summed E-state index contributed by atoms with van der Waals surface area (Å²) in [5.74, 6) is 0.713. The lowest BCUT2D eigenvalue weighted by molar-refractivity contribution is 0.412. The minimum Gasteiger partial charge on any atom is -0.327 e. The second-order valence-electron chi connectivity index (χ2n) is 3.28. The summed E-state index contributed by atoms with van der Waals surface area (Å²) in [6.45, 7) is 2.25. The molecule has 0 unspecified atom stereocenters. The second-order valence-corrected chi connectivity index (χ2v) is 3.28. The molecule has 0 amide bonds. The van der Waals surface area contributed by atoms with E-state index in [0.717, 1.165) is 6.42 Å². The van der Waals surface area contributed by atoms with Crippen LogP contribution in [0.2, 0.25) is 0 Å². The SMILES string of the molecule is C[C@H]1CCCC=CC[C@@H]1N. The molecule has 0 spiro atoms. The van der Waals surface area contributed by atoms with Gasteiger partial charge in [-0.2, -0.15) is 0 Å². The van der Waals surface area contributed by atoms with Gasteiger partial charge in [-0.05, 0) is 31.6 Å². The zero-order chi connectivity index (χ0) is 7.40. The van der Waals surface area contributed by atoms with Crippen molar-refractivity contribution < 1.29 is 0 Å². The lowest BCUT2D eigenvalue weighted by Gasteiger charge is -2.19. The Hall–Kier alpha value is -0.300. The van der Waals surface area contributed by atoms with Crippen molar-refractivity contribution in [1.82, 2.24) is 0 Å². The number of hydrogen-bond acceptors (Lipinski definition) is 1. The molecule has 1 aliphatic rings. The summed E-state index contributed by atoms with van der Waals surface area (Å²) in [6.07, 6.45) is 9.40. The Bertz CT molecular complexity index is 118. The summed E-state index contributed by atoms with van der Waals surface area (Å²) in [5.41, 5.74) is 5.90. The monoisotopic (exact) mass is 139 g/mol. The number of hydrogen-bond donors (Lipinski definition) is 1. The zero-order valence-electron chi connectivity index (χ0n) is 6.72. The molecule has 1 aliphatic carbocycles. The highest BCUT2D eigenvalue weighted by atomic mass is 14.6. The van der Waals surface area contributed by atoms with Crippen LogP contribution in [0, 0.1) is 5.92 Å². The Balaban J connectivity index is 2.41. The minimum atomic E-state index is 0.400. The summed E-state index contributed by atoms with van der Waals surface area (Å²) in [6, 6.07) is 0.400. The fourth-order valence-corrected chi connectivity index (χ4v) is 1.38. The molecule has 0 aromatic rings. The van der Waals surface area contributed by atoms with Crippen molar-refractivity contribution in [3.05, 3.63) is 12.2 Å². The van der Waals surface area contributed by atoms with E-state index in [1.54, 1.807) is 0 Å². The molecule has 0 saturated carbocycles. The predicted molar refractivity (Wildman–Crippen MR) is 44.7 cm³/mol. The van der Waals surface area contributed by atoms with Crippen LogP contribution in [0.1, 0.15) is 32.6 Å². The second kappa shape index (κ2) is 3.77. The normalized spacial score (nSPS) is 35.0. The maximum absolute atomic E-state index is 5.90. The first-order chi connectivity index (χ1) is 4.80. The largest absolute Gasteiger partial charge is 0.327 e. The topological polar surface area (TPSA) is 26.0 Å². The quantitative estimate of drug-likeness (QED) is 0.511. The van der Waals surface area contributed by atoms with E-state index in [0.29, 0.717) is 12.0 Å². The van der Waals surface area contributed by atoms with Crippen LogP contribution in [-0.2, 0) is 0 Å². The van der Waals surface area contributed by atoms with Gasteiger partial charge in [0.25, 0.3) is 0 Å². The molecule has 0 aliphatic heterocycles. The number of allylic oxidation sites excluding steroid dienone is 1. The smallest absolute Gasteiger partial charge is 0.00992 e. The van der Waals surface area contributed by atoms with Crippen molar-refractivity contribution in [3.8, 4) is 0 Å². The van der Waals surface area contributed by atoms with Gasteiger partial charge in [0.1, 0.15) is 0 Å². The van der Waals surface area contributed by atoms with Crippen LogP contribution >= 0.6 is 0 Å². The molecule has 2 atom stereocenters. The summed E-state index contributed by atoms with van der Waals surface area (Å²) >= 11 is 0. The molecule has 0 heterocycles. The van der Waals surface area contributed by atoms with Crippen molar-refractivity contribution in [3.63, 3.8) is 0 Å². The van der Waals surface area contributed by atoms with Gasteiger partial charge in [0, 0.05) is 6.04 Å². The van der Waals surface area contributed by atoms with Gasteiger partial charge in [-0.1, -0.05) is 19.1 Å². The van der Waals surface area contributed by atoms with Crippen molar-refractivity contribution in [2.24, 2.45) is 11.7 Å². The maximum Gasteiger partial charge on any atom is 0.00992 e. The molecule has 2 N–H and O–H groups in total. The number of rotatable bonds is 0. The van der Waals surface area contributed by atoms with E-state index in [-0.39, 0.29) is 0 Å². The average molecular weight is 139 g/mol. The molecule has 0 aromatic carbocycles. The fourth-order valence-electron chi connectivity index (χ4n) is 1.38. The van der Waals surface area contributed by atoms with E-state index >= 15 is 0 Å². The number of nitrogens with two attached hydrogens (primary N) is 1. The molecular weight excluding hydrogens is 122 g/mol. The van der Waals surface area contributed by atoms with Crippen molar-refractivity contribution in [2.75, 3.05) is 0 Å². The molecule has 1 nitrogen and oxygen atoms in total. The molecule has 10 heavy (non-hydrogen) atoms. The van der Waals surface area contributed by atoms with E-state index in [2.05, 4.69) is 19.1 Å². The van der Waals surface area contributed by atoms with Gasteiger partial charge in [0.15, 0.2) is 0 Å². The van der Waals surface area contributed by atoms with E-state index in [1.165, 1.54) is 19.3 Å². The van der Waals surface area contributed by atoms with Crippen LogP contribution in [0.15, 0.2) is 12.2 Å².